The molecule has 5 unspecified atom stereocenters. The molecule has 4 rings (SSSR count). The molecule has 8 heteroatoms. The van der Waals surface area contributed by atoms with Gasteiger partial charge in [0.1, 0.15) is 11.3 Å². The van der Waals surface area contributed by atoms with Gasteiger partial charge in [-0.1, -0.05) is 23.2 Å². The lowest BCUT2D eigenvalue weighted by Gasteiger charge is -2.29. The van der Waals surface area contributed by atoms with Gasteiger partial charge in [0.2, 0.25) is 5.91 Å². The lowest BCUT2D eigenvalue weighted by Crippen LogP contribution is -2.39. The van der Waals surface area contributed by atoms with Crippen molar-refractivity contribution in [1.29, 1.82) is 0 Å². The van der Waals surface area contributed by atoms with E-state index in [-0.39, 0.29) is 28.4 Å². The number of anilines is 1. The van der Waals surface area contributed by atoms with E-state index in [4.69, 9.17) is 27.9 Å². The first kappa shape index (κ1) is 17.6. The summed E-state index contributed by atoms with van der Waals surface area (Å²) in [6.45, 7) is 1.86. The Morgan fingerprint density at radius 3 is 2.88 bits per heavy atom. The van der Waals surface area contributed by atoms with Crippen LogP contribution in [-0.4, -0.2) is 34.3 Å². The molecule has 0 aliphatic carbocycles. The molecule has 2 aliphatic heterocycles. The minimum atomic E-state index is -1.07. The van der Waals surface area contributed by atoms with E-state index in [0.29, 0.717) is 5.69 Å². The Morgan fingerprint density at radius 1 is 1.35 bits per heavy atom. The fraction of sp³-hybridized carbons (Fsp3) is 0.389. The zero-order chi connectivity index (χ0) is 18.4. The summed E-state index contributed by atoms with van der Waals surface area (Å²) in [6, 6.07) is 5.23. The van der Waals surface area contributed by atoms with Crippen molar-refractivity contribution in [1.82, 2.24) is 9.97 Å². The van der Waals surface area contributed by atoms with Crippen LogP contribution in [0.5, 0.6) is 0 Å². The number of halogens is 3. The van der Waals surface area contributed by atoms with Gasteiger partial charge in [0, 0.05) is 24.2 Å². The van der Waals surface area contributed by atoms with Gasteiger partial charge in [0.05, 0.1) is 35.0 Å². The SMILES string of the molecule is Cc1cc(C2C3OC(CC3F)C2C(=O)Nc2cnc(Cl)c(Cl)c2)ccn1. The number of carbonyl (C=O) groups is 1. The van der Waals surface area contributed by atoms with Gasteiger partial charge in [-0.2, -0.15) is 0 Å². The summed E-state index contributed by atoms with van der Waals surface area (Å²) in [5, 5.41) is 3.22. The quantitative estimate of drug-likeness (QED) is 0.799. The topological polar surface area (TPSA) is 64.1 Å². The Bertz CT molecular complexity index is 866. The number of aromatic nitrogens is 2. The van der Waals surface area contributed by atoms with Gasteiger partial charge in [-0.05, 0) is 30.7 Å². The monoisotopic (exact) mass is 395 g/mol. The van der Waals surface area contributed by atoms with Crippen LogP contribution in [0.25, 0.3) is 0 Å². The molecular weight excluding hydrogens is 380 g/mol. The number of carbonyl (C=O) groups excluding carboxylic acids is 1. The third-order valence-corrected chi connectivity index (χ3v) is 5.65. The predicted octanol–water partition coefficient (Wildman–Crippen LogP) is 3.94. The number of hydrogen-bond acceptors (Lipinski definition) is 4. The summed E-state index contributed by atoms with van der Waals surface area (Å²) in [4.78, 5) is 21.0. The number of fused-ring (bicyclic) bond motifs is 2. The molecule has 0 spiro atoms. The van der Waals surface area contributed by atoms with Gasteiger partial charge < -0.3 is 10.1 Å². The molecule has 2 aromatic heterocycles. The minimum Gasteiger partial charge on any atom is -0.370 e. The molecule has 0 saturated carbocycles. The highest BCUT2D eigenvalue weighted by Crippen LogP contribution is 2.50. The molecule has 2 saturated heterocycles. The molecule has 2 aliphatic rings. The van der Waals surface area contributed by atoms with Gasteiger partial charge >= 0.3 is 0 Å². The van der Waals surface area contributed by atoms with Crippen molar-refractivity contribution in [2.24, 2.45) is 5.92 Å². The van der Waals surface area contributed by atoms with E-state index in [0.717, 1.165) is 11.3 Å². The Balaban J connectivity index is 1.62. The highest BCUT2D eigenvalue weighted by atomic mass is 35.5. The van der Waals surface area contributed by atoms with Crippen LogP contribution < -0.4 is 5.32 Å². The summed E-state index contributed by atoms with van der Waals surface area (Å²) < 4.78 is 20.1. The maximum atomic E-state index is 14.3. The minimum absolute atomic E-state index is 0.165. The van der Waals surface area contributed by atoms with Gasteiger partial charge in [0.15, 0.2) is 0 Å². The van der Waals surface area contributed by atoms with Crippen molar-refractivity contribution in [3.63, 3.8) is 0 Å². The molecule has 0 aromatic carbocycles. The molecule has 2 fully saturated rings. The fourth-order valence-corrected chi connectivity index (χ4v) is 4.16. The van der Waals surface area contributed by atoms with Crippen LogP contribution in [0.1, 0.15) is 23.6 Å². The van der Waals surface area contributed by atoms with Crippen molar-refractivity contribution in [3.05, 3.63) is 52.0 Å². The van der Waals surface area contributed by atoms with E-state index in [1.165, 1.54) is 12.3 Å². The molecule has 0 radical (unpaired) electrons. The molecule has 1 N–H and O–H groups in total. The highest BCUT2D eigenvalue weighted by molar-refractivity contribution is 6.41. The number of nitrogens with one attached hydrogen (secondary N) is 1. The molecular formula is C18H16Cl2FN3O2. The van der Waals surface area contributed by atoms with E-state index in [9.17, 15) is 9.18 Å². The van der Waals surface area contributed by atoms with Crippen LogP contribution in [0.3, 0.4) is 0 Å². The molecule has 1 amide bonds. The van der Waals surface area contributed by atoms with E-state index in [2.05, 4.69) is 15.3 Å². The number of nitrogens with zero attached hydrogens (tertiary/aromatic N) is 2. The lowest BCUT2D eigenvalue weighted by atomic mass is 9.74. The molecule has 5 atom stereocenters. The van der Waals surface area contributed by atoms with Crippen molar-refractivity contribution >= 4 is 34.8 Å². The molecule has 26 heavy (non-hydrogen) atoms. The second-order valence-corrected chi connectivity index (χ2v) is 7.42. The zero-order valence-corrected chi connectivity index (χ0v) is 15.3. The third-order valence-electron chi connectivity index (χ3n) is 4.96. The van der Waals surface area contributed by atoms with E-state index in [1.54, 1.807) is 6.20 Å². The first-order chi connectivity index (χ1) is 12.4. The number of pyridine rings is 2. The van der Waals surface area contributed by atoms with E-state index in [1.807, 2.05) is 19.1 Å². The summed E-state index contributed by atoms with van der Waals surface area (Å²) in [6.07, 6.45) is 1.18. The Hall–Kier alpha value is -1.76. The van der Waals surface area contributed by atoms with Crippen LogP contribution in [0, 0.1) is 12.8 Å². The Labute approximate surface area is 159 Å². The molecule has 2 bridgehead atoms. The molecule has 136 valence electrons. The summed E-state index contributed by atoms with van der Waals surface area (Å²) in [5.41, 5.74) is 2.11. The fourth-order valence-electron chi connectivity index (χ4n) is 3.89. The molecule has 4 heterocycles. The second-order valence-electron chi connectivity index (χ2n) is 6.66. The van der Waals surface area contributed by atoms with Gasteiger partial charge in [-0.15, -0.1) is 0 Å². The van der Waals surface area contributed by atoms with E-state index >= 15 is 0 Å². The number of aryl methyl sites for hydroxylation is 1. The van der Waals surface area contributed by atoms with Crippen LogP contribution in [0.2, 0.25) is 10.2 Å². The van der Waals surface area contributed by atoms with Gasteiger partial charge in [-0.25, -0.2) is 9.37 Å². The number of ether oxygens (including phenoxy) is 1. The Morgan fingerprint density at radius 2 is 2.15 bits per heavy atom. The first-order valence-corrected chi connectivity index (χ1v) is 9.03. The second kappa shape index (κ2) is 6.76. The van der Waals surface area contributed by atoms with Gasteiger partial charge in [0.25, 0.3) is 0 Å². The number of rotatable bonds is 3. The van der Waals surface area contributed by atoms with Crippen molar-refractivity contribution in [2.75, 3.05) is 5.32 Å². The maximum Gasteiger partial charge on any atom is 0.230 e. The summed E-state index contributed by atoms with van der Waals surface area (Å²) in [5.74, 6) is -1.10. The van der Waals surface area contributed by atoms with Crippen molar-refractivity contribution in [3.8, 4) is 0 Å². The van der Waals surface area contributed by atoms with Crippen LogP contribution in [-0.2, 0) is 9.53 Å². The summed E-state index contributed by atoms with van der Waals surface area (Å²) in [7, 11) is 0. The van der Waals surface area contributed by atoms with Gasteiger partial charge in [-0.3, -0.25) is 9.78 Å². The maximum absolute atomic E-state index is 14.3. The smallest absolute Gasteiger partial charge is 0.230 e. The number of hydrogen-bond donors (Lipinski definition) is 1. The van der Waals surface area contributed by atoms with Crippen LogP contribution in [0.4, 0.5) is 10.1 Å². The molecule has 2 aromatic rings. The predicted molar refractivity (Wildman–Crippen MR) is 96.3 cm³/mol. The number of alkyl halides is 1. The molecule has 5 nitrogen and oxygen atoms in total. The lowest BCUT2D eigenvalue weighted by molar-refractivity contribution is -0.121. The van der Waals surface area contributed by atoms with Crippen LogP contribution in [0.15, 0.2) is 30.6 Å². The average molecular weight is 396 g/mol. The average Bonchev–Trinajstić information content (AvgIpc) is 3.15. The first-order valence-electron chi connectivity index (χ1n) is 8.28. The van der Waals surface area contributed by atoms with Crippen molar-refractivity contribution in [2.45, 2.75) is 37.6 Å². The van der Waals surface area contributed by atoms with E-state index < -0.39 is 24.3 Å². The highest BCUT2D eigenvalue weighted by Gasteiger charge is 2.57. The largest absolute Gasteiger partial charge is 0.370 e. The standard InChI is InChI=1S/C18H16Cl2FN3O2/c1-8-4-9(2-3-22-8)14-15(13-6-12(21)16(14)26-13)18(25)24-10-5-11(19)17(20)23-7-10/h2-5,7,12-16H,6H2,1H3,(H,24,25). The summed E-state index contributed by atoms with van der Waals surface area (Å²) >= 11 is 11.8. The van der Waals surface area contributed by atoms with Crippen molar-refractivity contribution < 1.29 is 13.9 Å². The Kier molecular flexibility index (Phi) is 4.59. The zero-order valence-electron chi connectivity index (χ0n) is 13.8. The third kappa shape index (κ3) is 3.06. The van der Waals surface area contributed by atoms with Crippen LogP contribution >= 0.6 is 23.2 Å². The normalized spacial score (nSPS) is 29.8. The number of amides is 1.